The molecule has 1 amide bonds. The van der Waals surface area contributed by atoms with Crippen LogP contribution >= 0.6 is 11.6 Å². The summed E-state index contributed by atoms with van der Waals surface area (Å²) in [5.74, 6) is 0.878. The summed E-state index contributed by atoms with van der Waals surface area (Å²) in [5, 5.41) is 0.759. The van der Waals surface area contributed by atoms with Crippen molar-refractivity contribution in [2.75, 3.05) is 19.8 Å². The maximum Gasteiger partial charge on any atom is 0.276 e. The van der Waals surface area contributed by atoms with Gasteiger partial charge in [0.1, 0.15) is 6.26 Å². The molecule has 6 heteroatoms. The highest BCUT2D eigenvalue weighted by Crippen LogP contribution is 2.29. The molecular weight excluding hydrogens is 352 g/mol. The van der Waals surface area contributed by atoms with Crippen LogP contribution in [0.2, 0.25) is 5.02 Å². The van der Waals surface area contributed by atoms with Crippen LogP contribution in [-0.2, 0) is 11.2 Å². The third kappa shape index (κ3) is 3.64. The molecule has 0 bridgehead atoms. The van der Waals surface area contributed by atoms with Crippen LogP contribution in [-0.4, -0.2) is 41.6 Å². The monoisotopic (exact) mass is 374 g/mol. The average molecular weight is 375 g/mol. The Hall–Kier alpha value is -1.85. The lowest BCUT2D eigenvalue weighted by Gasteiger charge is -2.24. The molecule has 1 unspecified atom stereocenters. The van der Waals surface area contributed by atoms with Gasteiger partial charge in [0.15, 0.2) is 11.6 Å². The van der Waals surface area contributed by atoms with Crippen LogP contribution in [0.5, 0.6) is 0 Å². The van der Waals surface area contributed by atoms with E-state index in [1.54, 1.807) is 0 Å². The van der Waals surface area contributed by atoms with Crippen LogP contribution in [0, 0.1) is 0 Å². The van der Waals surface area contributed by atoms with Crippen LogP contribution in [0.15, 0.2) is 34.9 Å². The Morgan fingerprint density at radius 2 is 2.04 bits per heavy atom. The lowest BCUT2D eigenvalue weighted by molar-refractivity contribution is 0.0730. The van der Waals surface area contributed by atoms with Crippen molar-refractivity contribution in [2.24, 2.45) is 0 Å². The molecule has 0 N–H and O–H groups in total. The molecule has 2 saturated heterocycles. The highest BCUT2D eigenvalue weighted by atomic mass is 35.5. The number of halogens is 1. The minimum Gasteiger partial charge on any atom is -0.448 e. The fourth-order valence-electron chi connectivity index (χ4n) is 3.90. The molecular formula is C20H23ClN2O3. The van der Waals surface area contributed by atoms with E-state index in [4.69, 9.17) is 20.8 Å². The second-order valence-electron chi connectivity index (χ2n) is 7.05. The van der Waals surface area contributed by atoms with Crippen molar-refractivity contribution in [3.63, 3.8) is 0 Å². The van der Waals surface area contributed by atoms with Gasteiger partial charge in [-0.3, -0.25) is 4.79 Å². The number of nitrogens with zero attached hydrogens (tertiary/aromatic N) is 2. The van der Waals surface area contributed by atoms with Gasteiger partial charge in [-0.25, -0.2) is 4.98 Å². The first-order valence-corrected chi connectivity index (χ1v) is 9.67. The number of ether oxygens (including phenoxy) is 1. The molecule has 2 aromatic rings. The van der Waals surface area contributed by atoms with Crippen LogP contribution in [0.3, 0.4) is 0 Å². The van der Waals surface area contributed by atoms with Gasteiger partial charge in [-0.1, -0.05) is 29.8 Å². The molecule has 0 spiro atoms. The number of amides is 1. The number of hydrogen-bond acceptors (Lipinski definition) is 4. The predicted octanol–water partition coefficient (Wildman–Crippen LogP) is 4.07. The molecule has 0 saturated carbocycles. The molecule has 1 aromatic carbocycles. The molecule has 2 fully saturated rings. The van der Waals surface area contributed by atoms with Gasteiger partial charge in [-0.05, 0) is 43.7 Å². The number of oxazole rings is 1. The smallest absolute Gasteiger partial charge is 0.276 e. The van der Waals surface area contributed by atoms with E-state index < -0.39 is 0 Å². The largest absolute Gasteiger partial charge is 0.448 e. The number of carbonyl (C=O) groups is 1. The van der Waals surface area contributed by atoms with E-state index in [0.717, 1.165) is 62.4 Å². The summed E-state index contributed by atoms with van der Waals surface area (Å²) in [5.41, 5.74) is 1.50. The topological polar surface area (TPSA) is 55.6 Å². The second kappa shape index (κ2) is 7.80. The first kappa shape index (κ1) is 17.6. The Balaban J connectivity index is 1.46. The molecule has 4 rings (SSSR count). The van der Waals surface area contributed by atoms with Gasteiger partial charge in [0.25, 0.3) is 5.91 Å². The Morgan fingerprint density at radius 1 is 1.23 bits per heavy atom. The number of carbonyl (C=O) groups excluding carboxylic acids is 1. The van der Waals surface area contributed by atoms with E-state index >= 15 is 0 Å². The van der Waals surface area contributed by atoms with E-state index in [2.05, 4.69) is 4.98 Å². The van der Waals surface area contributed by atoms with Crippen molar-refractivity contribution in [1.82, 2.24) is 9.88 Å². The Bertz CT molecular complexity index is 770. The average Bonchev–Trinajstić information content (AvgIpc) is 3.33. The van der Waals surface area contributed by atoms with Crippen molar-refractivity contribution >= 4 is 17.5 Å². The van der Waals surface area contributed by atoms with Gasteiger partial charge in [0.05, 0.1) is 0 Å². The summed E-state index contributed by atoms with van der Waals surface area (Å²) in [7, 11) is 0. The van der Waals surface area contributed by atoms with Crippen molar-refractivity contribution in [1.29, 1.82) is 0 Å². The molecule has 5 nitrogen and oxygen atoms in total. The Labute approximate surface area is 158 Å². The molecule has 26 heavy (non-hydrogen) atoms. The van der Waals surface area contributed by atoms with E-state index in [9.17, 15) is 4.79 Å². The third-order valence-corrected chi connectivity index (χ3v) is 5.73. The van der Waals surface area contributed by atoms with Crippen LogP contribution < -0.4 is 0 Å². The maximum absolute atomic E-state index is 13.0. The fourth-order valence-corrected chi connectivity index (χ4v) is 4.11. The van der Waals surface area contributed by atoms with Gasteiger partial charge in [-0.2, -0.15) is 0 Å². The van der Waals surface area contributed by atoms with E-state index in [1.165, 1.54) is 6.26 Å². The van der Waals surface area contributed by atoms with Gasteiger partial charge >= 0.3 is 0 Å². The zero-order valence-electron chi connectivity index (χ0n) is 14.7. The Kier molecular flexibility index (Phi) is 5.27. The molecule has 0 aliphatic carbocycles. The summed E-state index contributed by atoms with van der Waals surface area (Å²) in [6, 6.07) is 8.00. The van der Waals surface area contributed by atoms with E-state index in [-0.39, 0.29) is 17.9 Å². The van der Waals surface area contributed by atoms with Gasteiger partial charge < -0.3 is 14.1 Å². The summed E-state index contributed by atoms with van der Waals surface area (Å²) in [4.78, 5) is 19.4. The summed E-state index contributed by atoms with van der Waals surface area (Å²) < 4.78 is 11.0. The van der Waals surface area contributed by atoms with Crippen molar-refractivity contribution < 1.29 is 13.9 Å². The highest BCUT2D eigenvalue weighted by molar-refractivity contribution is 6.31. The highest BCUT2D eigenvalue weighted by Gasteiger charge is 2.32. The molecule has 3 heterocycles. The number of likely N-dealkylation sites (tertiary alicyclic amines) is 1. The van der Waals surface area contributed by atoms with Crippen LogP contribution in [0.4, 0.5) is 0 Å². The normalized spacial score (nSPS) is 21.3. The van der Waals surface area contributed by atoms with Gasteiger partial charge in [0.2, 0.25) is 0 Å². The van der Waals surface area contributed by atoms with Crippen molar-refractivity contribution in [3.8, 4) is 0 Å². The summed E-state index contributed by atoms with van der Waals surface area (Å²) in [6.07, 6.45) is 6.07. The first-order chi connectivity index (χ1) is 12.7. The zero-order chi connectivity index (χ0) is 17.9. The SMILES string of the molecule is O=C(c1coc(C2CCOCC2)n1)N1CCCC1Cc1ccccc1Cl. The number of hydrogen-bond donors (Lipinski definition) is 0. The quantitative estimate of drug-likeness (QED) is 0.809. The van der Waals surface area contributed by atoms with E-state index in [0.29, 0.717) is 11.6 Å². The zero-order valence-corrected chi connectivity index (χ0v) is 15.5. The number of benzene rings is 1. The molecule has 2 aliphatic rings. The standard InChI is InChI=1S/C20H23ClN2O3/c21-17-6-2-1-4-15(17)12-16-5-3-9-23(16)20(24)18-13-26-19(22-18)14-7-10-25-11-8-14/h1-2,4,6,13-14,16H,3,5,7-12H2. The minimum atomic E-state index is -0.0402. The van der Waals surface area contributed by atoms with Gasteiger partial charge in [-0.15, -0.1) is 0 Å². The van der Waals surface area contributed by atoms with Gasteiger partial charge in [0, 0.05) is 36.7 Å². The summed E-state index contributed by atoms with van der Waals surface area (Å²) >= 11 is 6.30. The molecule has 1 aromatic heterocycles. The number of aromatic nitrogens is 1. The van der Waals surface area contributed by atoms with Crippen molar-refractivity contribution in [3.05, 3.63) is 52.7 Å². The maximum atomic E-state index is 13.0. The van der Waals surface area contributed by atoms with Crippen molar-refractivity contribution in [2.45, 2.75) is 44.1 Å². The number of rotatable bonds is 4. The molecule has 2 aliphatic heterocycles. The second-order valence-corrected chi connectivity index (χ2v) is 7.45. The predicted molar refractivity (Wildman–Crippen MR) is 98.5 cm³/mol. The lowest BCUT2D eigenvalue weighted by Crippen LogP contribution is -2.37. The molecule has 1 atom stereocenters. The van der Waals surface area contributed by atoms with Crippen LogP contribution in [0.25, 0.3) is 0 Å². The minimum absolute atomic E-state index is 0.0402. The Morgan fingerprint density at radius 3 is 2.85 bits per heavy atom. The molecule has 0 radical (unpaired) electrons. The third-order valence-electron chi connectivity index (χ3n) is 5.36. The lowest BCUT2D eigenvalue weighted by atomic mass is 10.0. The summed E-state index contributed by atoms with van der Waals surface area (Å²) in [6.45, 7) is 2.21. The molecule has 138 valence electrons. The first-order valence-electron chi connectivity index (χ1n) is 9.30. The van der Waals surface area contributed by atoms with Crippen LogP contribution in [0.1, 0.15) is 53.5 Å². The van der Waals surface area contributed by atoms with E-state index in [1.807, 2.05) is 29.2 Å². The fraction of sp³-hybridized carbons (Fsp3) is 0.500.